The Morgan fingerprint density at radius 3 is 2.50 bits per heavy atom. The number of benzene rings is 5. The summed E-state index contributed by atoms with van der Waals surface area (Å²) in [6.07, 6.45) is 11.9. The lowest BCUT2D eigenvalue weighted by Gasteiger charge is -2.26. The standard InChI is InChI=1S/C36H25NS/c1-2-8-24-21-25(16-13-22(24)7-1)37-32-11-5-3-9-26(32)29-20-19-28-30(35(29)37)17-14-23-15-18-31-27-10-4-6-12-33(27)38-36(31)34(23)28/h1-5,7-11,13-21,31,36H,6,12H2. The molecule has 9 rings (SSSR count). The Morgan fingerprint density at radius 1 is 0.711 bits per heavy atom. The first kappa shape index (κ1) is 21.0. The molecule has 0 N–H and O–H groups in total. The highest BCUT2D eigenvalue weighted by molar-refractivity contribution is 8.03. The van der Waals surface area contributed by atoms with Gasteiger partial charge in [0.25, 0.3) is 0 Å². The third-order valence-electron chi connectivity index (χ3n) is 8.78. The molecular formula is C36H25NS. The van der Waals surface area contributed by atoms with Crippen LogP contribution in [-0.2, 0) is 0 Å². The number of thioether (sulfide) groups is 1. The number of para-hydroxylation sites is 1. The summed E-state index contributed by atoms with van der Waals surface area (Å²) in [6, 6.07) is 33.9. The highest BCUT2D eigenvalue weighted by Crippen LogP contribution is 2.59. The van der Waals surface area contributed by atoms with Crippen LogP contribution in [0.15, 0.2) is 120 Å². The van der Waals surface area contributed by atoms with Crippen LogP contribution in [0.2, 0.25) is 0 Å². The summed E-state index contributed by atoms with van der Waals surface area (Å²) >= 11 is 2.12. The van der Waals surface area contributed by atoms with E-state index in [4.69, 9.17) is 0 Å². The van der Waals surface area contributed by atoms with Gasteiger partial charge < -0.3 is 4.57 Å². The molecule has 0 saturated heterocycles. The van der Waals surface area contributed by atoms with Crippen molar-refractivity contribution in [2.24, 2.45) is 5.92 Å². The molecule has 0 amide bonds. The first-order valence-corrected chi connectivity index (χ1v) is 14.5. The SMILES string of the molecule is C1=CC2=C(CC1)SC1c3c(ccc4c3ccc3c5ccccc5n(-c5ccc6ccccc6c5)c43)C=CC21. The number of hydrogen-bond donors (Lipinski definition) is 0. The van der Waals surface area contributed by atoms with E-state index in [1.807, 2.05) is 0 Å². The van der Waals surface area contributed by atoms with E-state index in [9.17, 15) is 0 Å². The van der Waals surface area contributed by atoms with Crippen molar-refractivity contribution in [3.63, 3.8) is 0 Å². The van der Waals surface area contributed by atoms with Gasteiger partial charge in [-0.2, -0.15) is 0 Å². The molecule has 2 heterocycles. The second kappa shape index (κ2) is 7.75. The zero-order valence-electron chi connectivity index (χ0n) is 20.9. The van der Waals surface area contributed by atoms with Crippen molar-refractivity contribution in [1.82, 2.24) is 4.57 Å². The topological polar surface area (TPSA) is 4.93 Å². The van der Waals surface area contributed by atoms with Gasteiger partial charge in [-0.3, -0.25) is 0 Å². The monoisotopic (exact) mass is 503 g/mol. The lowest BCUT2D eigenvalue weighted by Crippen LogP contribution is -2.11. The minimum Gasteiger partial charge on any atom is -0.309 e. The van der Waals surface area contributed by atoms with Gasteiger partial charge in [0.1, 0.15) is 0 Å². The van der Waals surface area contributed by atoms with Crippen LogP contribution in [0.5, 0.6) is 0 Å². The van der Waals surface area contributed by atoms with E-state index in [0.29, 0.717) is 11.2 Å². The van der Waals surface area contributed by atoms with E-state index >= 15 is 0 Å². The zero-order valence-corrected chi connectivity index (χ0v) is 21.7. The molecule has 0 radical (unpaired) electrons. The Bertz CT molecular complexity index is 2070. The molecule has 2 atom stereocenters. The molecule has 5 aromatic carbocycles. The highest BCUT2D eigenvalue weighted by atomic mass is 32.2. The Hall–Kier alpha value is -4.01. The number of allylic oxidation sites excluding steroid dienone is 5. The molecule has 38 heavy (non-hydrogen) atoms. The largest absolute Gasteiger partial charge is 0.309 e. The zero-order chi connectivity index (χ0) is 24.8. The molecular weight excluding hydrogens is 478 g/mol. The smallest absolute Gasteiger partial charge is 0.0619 e. The quantitative estimate of drug-likeness (QED) is 0.216. The van der Waals surface area contributed by atoms with Crippen LogP contribution in [0.25, 0.3) is 55.1 Å². The summed E-state index contributed by atoms with van der Waals surface area (Å²) in [7, 11) is 0. The van der Waals surface area contributed by atoms with Gasteiger partial charge in [0.05, 0.1) is 11.0 Å². The van der Waals surface area contributed by atoms with Crippen LogP contribution >= 0.6 is 11.8 Å². The predicted molar refractivity (Wildman–Crippen MR) is 164 cm³/mol. The summed E-state index contributed by atoms with van der Waals surface area (Å²) in [5.74, 6) is 0.478. The van der Waals surface area contributed by atoms with Crippen LogP contribution in [0.4, 0.5) is 0 Å². The van der Waals surface area contributed by atoms with Crippen molar-refractivity contribution < 1.29 is 0 Å². The van der Waals surface area contributed by atoms with Gasteiger partial charge in [-0.1, -0.05) is 97.1 Å². The average Bonchev–Trinajstić information content (AvgIpc) is 3.53. The normalized spacial score (nSPS) is 20.0. The van der Waals surface area contributed by atoms with Gasteiger partial charge in [-0.15, -0.1) is 11.8 Å². The summed E-state index contributed by atoms with van der Waals surface area (Å²) in [5, 5.41) is 8.39. The molecule has 3 aliphatic rings. The second-order valence-electron chi connectivity index (χ2n) is 10.8. The Balaban J connectivity index is 1.36. The summed E-state index contributed by atoms with van der Waals surface area (Å²) in [4.78, 5) is 1.60. The fourth-order valence-electron chi connectivity index (χ4n) is 7.08. The molecule has 0 bridgehead atoms. The van der Waals surface area contributed by atoms with Gasteiger partial charge in [-0.05, 0) is 68.8 Å². The van der Waals surface area contributed by atoms with E-state index in [-0.39, 0.29) is 0 Å². The lowest BCUT2D eigenvalue weighted by molar-refractivity contribution is 0.757. The van der Waals surface area contributed by atoms with Gasteiger partial charge in [0, 0.05) is 33.0 Å². The molecule has 6 aromatic rings. The van der Waals surface area contributed by atoms with Crippen molar-refractivity contribution in [2.45, 2.75) is 18.1 Å². The average molecular weight is 504 g/mol. The van der Waals surface area contributed by atoms with Gasteiger partial charge in [-0.25, -0.2) is 0 Å². The minimum absolute atomic E-state index is 0.461. The van der Waals surface area contributed by atoms with E-state index in [2.05, 4.69) is 132 Å². The minimum atomic E-state index is 0.461. The first-order chi connectivity index (χ1) is 18.8. The van der Waals surface area contributed by atoms with Crippen molar-refractivity contribution in [3.8, 4) is 5.69 Å². The number of aromatic nitrogens is 1. The van der Waals surface area contributed by atoms with E-state index in [0.717, 1.165) is 0 Å². The van der Waals surface area contributed by atoms with Gasteiger partial charge >= 0.3 is 0 Å². The predicted octanol–water partition coefficient (Wildman–Crippen LogP) is 10.1. The number of nitrogens with zero attached hydrogens (tertiary/aromatic N) is 1. The molecule has 1 nitrogen and oxygen atoms in total. The second-order valence-corrected chi connectivity index (χ2v) is 12.0. The summed E-state index contributed by atoms with van der Waals surface area (Å²) in [5.41, 5.74) is 8.24. The Kier molecular flexibility index (Phi) is 4.28. The molecule has 2 heteroatoms. The molecule has 0 saturated carbocycles. The Morgan fingerprint density at radius 2 is 1.53 bits per heavy atom. The van der Waals surface area contributed by atoms with Crippen molar-refractivity contribution in [1.29, 1.82) is 0 Å². The number of fused-ring (bicyclic) bond motifs is 11. The highest BCUT2D eigenvalue weighted by Gasteiger charge is 2.38. The van der Waals surface area contributed by atoms with E-state index < -0.39 is 0 Å². The van der Waals surface area contributed by atoms with Crippen molar-refractivity contribution in [2.75, 3.05) is 0 Å². The maximum absolute atomic E-state index is 2.50. The molecule has 2 unspecified atom stereocenters. The lowest BCUT2D eigenvalue weighted by atomic mass is 9.81. The Labute approximate surface area is 225 Å². The summed E-state index contributed by atoms with van der Waals surface area (Å²) < 4.78 is 2.50. The van der Waals surface area contributed by atoms with Gasteiger partial charge in [0.2, 0.25) is 0 Å². The molecule has 0 spiro atoms. The van der Waals surface area contributed by atoms with Crippen molar-refractivity contribution in [3.05, 3.63) is 131 Å². The fraction of sp³-hybridized carbons (Fsp3) is 0.111. The molecule has 1 aliphatic heterocycles. The maximum Gasteiger partial charge on any atom is 0.0619 e. The third kappa shape index (κ3) is 2.79. The fourth-order valence-corrected chi connectivity index (χ4v) is 8.73. The molecule has 180 valence electrons. The van der Waals surface area contributed by atoms with Crippen LogP contribution < -0.4 is 0 Å². The van der Waals surface area contributed by atoms with Gasteiger partial charge in [0.15, 0.2) is 0 Å². The maximum atomic E-state index is 2.50. The molecule has 0 fully saturated rings. The third-order valence-corrected chi connectivity index (χ3v) is 10.3. The van der Waals surface area contributed by atoms with Crippen LogP contribution in [0.1, 0.15) is 29.2 Å². The number of rotatable bonds is 1. The van der Waals surface area contributed by atoms with Crippen LogP contribution in [0, 0.1) is 5.92 Å². The first-order valence-electron chi connectivity index (χ1n) is 13.6. The number of hydrogen-bond acceptors (Lipinski definition) is 1. The van der Waals surface area contributed by atoms with E-state index in [1.54, 1.807) is 10.5 Å². The van der Waals surface area contributed by atoms with Crippen LogP contribution in [-0.4, -0.2) is 4.57 Å². The summed E-state index contributed by atoms with van der Waals surface area (Å²) in [6.45, 7) is 0. The molecule has 2 aliphatic carbocycles. The van der Waals surface area contributed by atoms with E-state index in [1.165, 1.54) is 73.0 Å². The van der Waals surface area contributed by atoms with Crippen LogP contribution in [0.3, 0.4) is 0 Å². The van der Waals surface area contributed by atoms with Crippen molar-refractivity contribution >= 4 is 61.2 Å². The molecule has 1 aromatic heterocycles.